The number of aliphatic hydroxyl groups is 1. The molecular formula is C6H8O5. The average molecular weight is 160 g/mol. The Balaban J connectivity index is 4.39. The van der Waals surface area contributed by atoms with E-state index in [1.54, 1.807) is 0 Å². The minimum atomic E-state index is -1.29. The van der Waals surface area contributed by atoms with Crippen molar-refractivity contribution in [3.05, 3.63) is 11.6 Å². The molecule has 0 unspecified atom stereocenters. The average Bonchev–Trinajstić information content (AvgIpc) is 1.98. The molecule has 0 saturated heterocycles. The third-order valence-corrected chi connectivity index (χ3v) is 0.916. The molecule has 0 rings (SSSR count). The lowest BCUT2D eigenvalue weighted by Crippen LogP contribution is -2.10. The van der Waals surface area contributed by atoms with Gasteiger partial charge in [-0.2, -0.15) is 0 Å². The summed E-state index contributed by atoms with van der Waals surface area (Å²) in [5, 5.41) is 16.6. The number of carbonyl (C=O) groups excluding carboxylic acids is 1. The van der Waals surface area contributed by atoms with Crippen LogP contribution in [0, 0.1) is 0 Å². The Kier molecular flexibility index (Phi) is 3.90. The first-order valence-corrected chi connectivity index (χ1v) is 2.74. The zero-order chi connectivity index (χ0) is 8.85. The molecule has 0 spiro atoms. The van der Waals surface area contributed by atoms with E-state index in [1.807, 2.05) is 0 Å². The molecule has 0 amide bonds. The Morgan fingerprint density at radius 1 is 1.55 bits per heavy atom. The van der Waals surface area contributed by atoms with Gasteiger partial charge in [-0.25, -0.2) is 9.59 Å². The highest BCUT2D eigenvalue weighted by Crippen LogP contribution is 1.94. The van der Waals surface area contributed by atoms with Gasteiger partial charge in [0, 0.05) is 6.08 Å². The minimum absolute atomic E-state index is 0.278. The van der Waals surface area contributed by atoms with Gasteiger partial charge in [0.1, 0.15) is 0 Å². The normalized spacial score (nSPS) is 10.9. The van der Waals surface area contributed by atoms with E-state index >= 15 is 0 Å². The van der Waals surface area contributed by atoms with Crippen molar-refractivity contribution >= 4 is 11.9 Å². The predicted octanol–water partition coefficient (Wildman–Crippen LogP) is -0.837. The molecule has 0 aromatic rings. The second-order valence-corrected chi connectivity index (χ2v) is 1.66. The topological polar surface area (TPSA) is 83.8 Å². The van der Waals surface area contributed by atoms with Gasteiger partial charge < -0.3 is 14.9 Å². The SMILES string of the molecule is COC(=O)C(=CC(=O)O)CO. The van der Waals surface area contributed by atoms with Gasteiger partial charge >= 0.3 is 11.9 Å². The number of carbonyl (C=O) groups is 2. The summed E-state index contributed by atoms with van der Waals surface area (Å²) in [7, 11) is 1.10. The zero-order valence-electron chi connectivity index (χ0n) is 5.90. The first-order chi connectivity index (χ1) is 5.11. The van der Waals surface area contributed by atoms with E-state index in [0.717, 1.165) is 7.11 Å². The fraction of sp³-hybridized carbons (Fsp3) is 0.333. The monoisotopic (exact) mass is 160 g/mol. The quantitative estimate of drug-likeness (QED) is 0.415. The second-order valence-electron chi connectivity index (χ2n) is 1.66. The number of aliphatic hydroxyl groups excluding tert-OH is 1. The van der Waals surface area contributed by atoms with E-state index in [-0.39, 0.29) is 5.57 Å². The summed E-state index contributed by atoms with van der Waals surface area (Å²) in [6, 6.07) is 0. The number of esters is 1. The largest absolute Gasteiger partial charge is 0.478 e. The van der Waals surface area contributed by atoms with Crippen molar-refractivity contribution in [1.29, 1.82) is 0 Å². The van der Waals surface area contributed by atoms with E-state index < -0.39 is 18.5 Å². The molecule has 11 heavy (non-hydrogen) atoms. The number of carboxylic acid groups (broad SMARTS) is 1. The molecule has 0 atom stereocenters. The smallest absolute Gasteiger partial charge is 0.336 e. The summed E-state index contributed by atoms with van der Waals surface area (Å²) in [5.74, 6) is -2.13. The summed E-state index contributed by atoms with van der Waals surface area (Å²) >= 11 is 0. The number of hydrogen-bond donors (Lipinski definition) is 2. The molecule has 0 aliphatic heterocycles. The minimum Gasteiger partial charge on any atom is -0.478 e. The highest BCUT2D eigenvalue weighted by Gasteiger charge is 2.09. The number of aliphatic carboxylic acids is 1. The van der Waals surface area contributed by atoms with Crippen LogP contribution in [0.2, 0.25) is 0 Å². The molecule has 5 heteroatoms. The van der Waals surface area contributed by atoms with Crippen LogP contribution in [0.5, 0.6) is 0 Å². The van der Waals surface area contributed by atoms with Crippen LogP contribution in [0.3, 0.4) is 0 Å². The molecule has 0 aliphatic rings. The second kappa shape index (κ2) is 4.45. The van der Waals surface area contributed by atoms with Crippen LogP contribution in [-0.2, 0) is 14.3 Å². The number of rotatable bonds is 3. The number of methoxy groups -OCH3 is 1. The first-order valence-electron chi connectivity index (χ1n) is 2.74. The lowest BCUT2D eigenvalue weighted by molar-refractivity contribution is -0.138. The Bertz CT molecular complexity index is 193. The fourth-order valence-corrected chi connectivity index (χ4v) is 0.449. The molecule has 0 heterocycles. The summed E-state index contributed by atoms with van der Waals surface area (Å²) in [5.41, 5.74) is -0.278. The van der Waals surface area contributed by atoms with Gasteiger partial charge in [0.05, 0.1) is 19.3 Å². The first kappa shape index (κ1) is 9.64. The van der Waals surface area contributed by atoms with E-state index in [9.17, 15) is 9.59 Å². The molecule has 0 aromatic heterocycles. The molecular weight excluding hydrogens is 152 g/mol. The van der Waals surface area contributed by atoms with Crippen LogP contribution in [0.15, 0.2) is 11.6 Å². The lowest BCUT2D eigenvalue weighted by Gasteiger charge is -1.98. The Morgan fingerprint density at radius 3 is 2.36 bits per heavy atom. The van der Waals surface area contributed by atoms with Crippen molar-refractivity contribution in [2.45, 2.75) is 0 Å². The van der Waals surface area contributed by atoms with Crippen molar-refractivity contribution in [3.8, 4) is 0 Å². The summed E-state index contributed by atoms with van der Waals surface area (Å²) < 4.78 is 4.17. The summed E-state index contributed by atoms with van der Waals surface area (Å²) in [6.07, 6.45) is 0.603. The zero-order valence-corrected chi connectivity index (χ0v) is 5.90. The Labute approximate surface area is 62.9 Å². The van der Waals surface area contributed by atoms with Gasteiger partial charge in [0.25, 0.3) is 0 Å². The van der Waals surface area contributed by atoms with Gasteiger partial charge in [0.15, 0.2) is 0 Å². The number of carboxylic acids is 1. The molecule has 0 fully saturated rings. The standard InChI is InChI=1S/C6H8O5/c1-11-6(10)4(3-7)2-5(8)9/h2,7H,3H2,1H3,(H,8,9). The highest BCUT2D eigenvalue weighted by atomic mass is 16.5. The molecule has 0 aromatic carbocycles. The van der Waals surface area contributed by atoms with Crippen LogP contribution in [0.1, 0.15) is 0 Å². The third kappa shape index (κ3) is 3.36. The highest BCUT2D eigenvalue weighted by molar-refractivity contribution is 5.95. The third-order valence-electron chi connectivity index (χ3n) is 0.916. The maximum atomic E-state index is 10.6. The van der Waals surface area contributed by atoms with Gasteiger partial charge in [0.2, 0.25) is 0 Å². The van der Waals surface area contributed by atoms with E-state index in [0.29, 0.717) is 6.08 Å². The van der Waals surface area contributed by atoms with Crippen molar-refractivity contribution in [3.63, 3.8) is 0 Å². The van der Waals surface area contributed by atoms with Crippen molar-refractivity contribution in [2.75, 3.05) is 13.7 Å². The summed E-state index contributed by atoms with van der Waals surface area (Å²) in [4.78, 5) is 20.6. The van der Waals surface area contributed by atoms with Gasteiger partial charge in [-0.1, -0.05) is 0 Å². The molecule has 0 saturated carbocycles. The van der Waals surface area contributed by atoms with Crippen LogP contribution in [-0.4, -0.2) is 35.9 Å². The van der Waals surface area contributed by atoms with Crippen LogP contribution < -0.4 is 0 Å². The van der Waals surface area contributed by atoms with E-state index in [4.69, 9.17) is 10.2 Å². The molecule has 5 nitrogen and oxygen atoms in total. The van der Waals surface area contributed by atoms with Gasteiger partial charge in [-0.15, -0.1) is 0 Å². The van der Waals surface area contributed by atoms with Crippen molar-refractivity contribution in [1.82, 2.24) is 0 Å². The van der Waals surface area contributed by atoms with Crippen LogP contribution >= 0.6 is 0 Å². The van der Waals surface area contributed by atoms with Gasteiger partial charge in [-0.05, 0) is 0 Å². The molecule has 0 radical (unpaired) electrons. The predicted molar refractivity (Wildman–Crippen MR) is 34.8 cm³/mol. The van der Waals surface area contributed by atoms with E-state index in [1.165, 1.54) is 0 Å². The van der Waals surface area contributed by atoms with E-state index in [2.05, 4.69) is 4.74 Å². The van der Waals surface area contributed by atoms with Crippen molar-refractivity contribution in [2.24, 2.45) is 0 Å². The number of ether oxygens (including phenoxy) is 1. The lowest BCUT2D eigenvalue weighted by atomic mass is 10.3. The maximum absolute atomic E-state index is 10.6. The van der Waals surface area contributed by atoms with Crippen molar-refractivity contribution < 1.29 is 24.5 Å². The molecule has 62 valence electrons. The molecule has 2 N–H and O–H groups in total. The van der Waals surface area contributed by atoms with Crippen LogP contribution in [0.25, 0.3) is 0 Å². The Morgan fingerprint density at radius 2 is 2.09 bits per heavy atom. The Hall–Kier alpha value is -1.36. The molecule has 0 aliphatic carbocycles. The van der Waals surface area contributed by atoms with Gasteiger partial charge in [-0.3, -0.25) is 0 Å². The number of hydrogen-bond acceptors (Lipinski definition) is 4. The summed E-state index contributed by atoms with van der Waals surface area (Å²) in [6.45, 7) is -0.640. The maximum Gasteiger partial charge on any atom is 0.336 e. The van der Waals surface area contributed by atoms with Crippen LogP contribution in [0.4, 0.5) is 0 Å². The fourth-order valence-electron chi connectivity index (χ4n) is 0.449. The molecule has 0 bridgehead atoms.